The van der Waals surface area contributed by atoms with Crippen LogP contribution in [0.5, 0.6) is 0 Å². The molecule has 1 amide bonds. The smallest absolute Gasteiger partial charge is 0.407 e. The Morgan fingerprint density at radius 3 is 2.58 bits per heavy atom. The highest BCUT2D eigenvalue weighted by Gasteiger charge is 2.38. The predicted octanol–water partition coefficient (Wildman–Crippen LogP) is 3.78. The number of hydrogen-bond acceptors (Lipinski definition) is 3. The molecular formula is C19H29NO4. The molecule has 0 radical (unpaired) electrons. The van der Waals surface area contributed by atoms with Crippen LogP contribution in [0.4, 0.5) is 4.79 Å². The van der Waals surface area contributed by atoms with Crippen molar-refractivity contribution < 1.29 is 19.4 Å². The van der Waals surface area contributed by atoms with Gasteiger partial charge in [-0.15, -0.1) is 0 Å². The van der Waals surface area contributed by atoms with Gasteiger partial charge in [0.2, 0.25) is 0 Å². The lowest BCUT2D eigenvalue weighted by Gasteiger charge is -2.44. The summed E-state index contributed by atoms with van der Waals surface area (Å²) < 4.78 is 11.6. The number of piperidine rings is 1. The Hall–Kier alpha value is -1.59. The molecule has 1 aromatic rings. The molecule has 2 atom stereocenters. The van der Waals surface area contributed by atoms with Gasteiger partial charge in [0.05, 0.1) is 25.9 Å². The lowest BCUT2D eigenvalue weighted by Crippen LogP contribution is -2.53. The van der Waals surface area contributed by atoms with Gasteiger partial charge in [-0.05, 0) is 23.8 Å². The maximum atomic E-state index is 11.4. The normalized spacial score (nSPS) is 21.7. The zero-order valence-corrected chi connectivity index (χ0v) is 14.9. The molecule has 0 aliphatic carbocycles. The zero-order chi connectivity index (χ0) is 17.6. The third kappa shape index (κ3) is 5.49. The third-order valence-corrected chi connectivity index (χ3v) is 4.49. The zero-order valence-electron chi connectivity index (χ0n) is 14.9. The number of ether oxygens (including phenoxy) is 2. The summed E-state index contributed by atoms with van der Waals surface area (Å²) in [4.78, 5) is 13.0. The van der Waals surface area contributed by atoms with Crippen molar-refractivity contribution in [2.75, 3.05) is 19.8 Å². The van der Waals surface area contributed by atoms with Crippen LogP contribution in [0.2, 0.25) is 0 Å². The maximum Gasteiger partial charge on any atom is 0.407 e. The fourth-order valence-electron chi connectivity index (χ4n) is 3.17. The van der Waals surface area contributed by atoms with Crippen LogP contribution in [-0.4, -0.2) is 48.0 Å². The molecule has 24 heavy (non-hydrogen) atoms. The minimum atomic E-state index is -0.834. The maximum absolute atomic E-state index is 11.4. The molecule has 2 unspecified atom stereocenters. The molecule has 1 saturated heterocycles. The van der Waals surface area contributed by atoms with E-state index in [4.69, 9.17) is 9.47 Å². The fourth-order valence-corrected chi connectivity index (χ4v) is 3.17. The molecule has 1 fully saturated rings. The summed E-state index contributed by atoms with van der Waals surface area (Å²) in [6.45, 7) is 8.46. The molecule has 0 bridgehead atoms. The van der Waals surface area contributed by atoms with Crippen molar-refractivity contribution >= 4 is 6.09 Å². The molecule has 5 nitrogen and oxygen atoms in total. The van der Waals surface area contributed by atoms with Crippen LogP contribution in [0, 0.1) is 5.41 Å². The Morgan fingerprint density at radius 2 is 1.96 bits per heavy atom. The van der Waals surface area contributed by atoms with Gasteiger partial charge in [0.25, 0.3) is 0 Å². The van der Waals surface area contributed by atoms with Crippen LogP contribution in [-0.2, 0) is 16.1 Å². The summed E-state index contributed by atoms with van der Waals surface area (Å²) in [6.07, 6.45) is 0.760. The van der Waals surface area contributed by atoms with Gasteiger partial charge >= 0.3 is 6.09 Å². The van der Waals surface area contributed by atoms with Gasteiger partial charge in [-0.3, -0.25) is 0 Å². The molecule has 5 heteroatoms. The van der Waals surface area contributed by atoms with Crippen molar-refractivity contribution in [2.24, 2.45) is 5.41 Å². The van der Waals surface area contributed by atoms with Crippen molar-refractivity contribution in [1.82, 2.24) is 4.90 Å². The lowest BCUT2D eigenvalue weighted by atomic mass is 9.80. The van der Waals surface area contributed by atoms with Crippen LogP contribution in [0.1, 0.15) is 39.2 Å². The highest BCUT2D eigenvalue weighted by atomic mass is 16.5. The molecule has 1 aromatic carbocycles. The topological polar surface area (TPSA) is 59.0 Å². The number of amides is 1. The highest BCUT2D eigenvalue weighted by molar-refractivity contribution is 5.65. The molecule has 0 spiro atoms. The van der Waals surface area contributed by atoms with E-state index in [2.05, 4.69) is 20.8 Å². The largest absolute Gasteiger partial charge is 0.465 e. The summed E-state index contributed by atoms with van der Waals surface area (Å²) in [5.74, 6) is 0. The van der Waals surface area contributed by atoms with Crippen LogP contribution >= 0.6 is 0 Å². The monoisotopic (exact) mass is 335 g/mol. The van der Waals surface area contributed by atoms with E-state index in [1.807, 2.05) is 30.3 Å². The van der Waals surface area contributed by atoms with E-state index < -0.39 is 6.09 Å². The van der Waals surface area contributed by atoms with E-state index in [1.54, 1.807) is 4.90 Å². The van der Waals surface area contributed by atoms with E-state index >= 15 is 0 Å². The molecule has 1 aliphatic heterocycles. The van der Waals surface area contributed by atoms with Crippen LogP contribution in [0.15, 0.2) is 30.3 Å². The second-order valence-corrected chi connectivity index (χ2v) is 7.41. The van der Waals surface area contributed by atoms with Gasteiger partial charge in [-0.1, -0.05) is 51.1 Å². The van der Waals surface area contributed by atoms with E-state index in [1.165, 1.54) is 0 Å². The average Bonchev–Trinajstić information content (AvgIpc) is 2.54. The van der Waals surface area contributed by atoms with Crippen LogP contribution < -0.4 is 0 Å². The van der Waals surface area contributed by atoms with Gasteiger partial charge in [-0.25, -0.2) is 4.79 Å². The minimum Gasteiger partial charge on any atom is -0.465 e. The molecule has 1 heterocycles. The standard InChI is InChI=1S/C19H29NO4/c1-19(2,3)17-13-16(9-10-20(17)18(21)22)24-12-11-23-14-15-7-5-4-6-8-15/h4-8,16-17H,9-14H2,1-3H3,(H,21,22). The van der Waals surface area contributed by atoms with E-state index in [-0.39, 0.29) is 17.6 Å². The number of likely N-dealkylation sites (tertiary alicyclic amines) is 1. The molecular weight excluding hydrogens is 306 g/mol. The molecule has 1 N–H and O–H groups in total. The first kappa shape index (κ1) is 18.7. The van der Waals surface area contributed by atoms with Gasteiger partial charge in [-0.2, -0.15) is 0 Å². The van der Waals surface area contributed by atoms with Gasteiger partial charge in [0.1, 0.15) is 0 Å². The van der Waals surface area contributed by atoms with Crippen molar-refractivity contribution in [3.05, 3.63) is 35.9 Å². The Balaban J connectivity index is 1.72. The van der Waals surface area contributed by atoms with Gasteiger partial charge in [0.15, 0.2) is 0 Å². The summed E-state index contributed by atoms with van der Waals surface area (Å²) in [5.41, 5.74) is 1.06. The molecule has 0 saturated carbocycles. The Bertz CT molecular complexity index is 512. The van der Waals surface area contributed by atoms with Gasteiger partial charge < -0.3 is 19.5 Å². The summed E-state index contributed by atoms with van der Waals surface area (Å²) >= 11 is 0. The van der Waals surface area contributed by atoms with Gasteiger partial charge in [0, 0.05) is 12.6 Å². The summed E-state index contributed by atoms with van der Waals surface area (Å²) in [6, 6.07) is 10.0. The van der Waals surface area contributed by atoms with Crippen LogP contribution in [0.25, 0.3) is 0 Å². The van der Waals surface area contributed by atoms with E-state index in [0.717, 1.165) is 18.4 Å². The van der Waals surface area contributed by atoms with Crippen LogP contribution in [0.3, 0.4) is 0 Å². The summed E-state index contributed by atoms with van der Waals surface area (Å²) in [5, 5.41) is 9.38. The minimum absolute atomic E-state index is 0.0148. The number of carbonyl (C=O) groups is 1. The lowest BCUT2D eigenvalue weighted by molar-refractivity contribution is -0.0523. The Kier molecular flexibility index (Phi) is 6.63. The Morgan fingerprint density at radius 1 is 1.25 bits per heavy atom. The number of carboxylic acid groups (broad SMARTS) is 1. The van der Waals surface area contributed by atoms with Crippen molar-refractivity contribution in [2.45, 2.75) is 52.4 Å². The predicted molar refractivity (Wildman–Crippen MR) is 93.0 cm³/mol. The second-order valence-electron chi connectivity index (χ2n) is 7.41. The van der Waals surface area contributed by atoms with E-state index in [9.17, 15) is 9.90 Å². The number of benzene rings is 1. The molecule has 134 valence electrons. The summed E-state index contributed by atoms with van der Waals surface area (Å²) in [7, 11) is 0. The molecule has 0 aromatic heterocycles. The Labute approximate surface area is 144 Å². The highest BCUT2D eigenvalue weighted by Crippen LogP contribution is 2.33. The van der Waals surface area contributed by atoms with E-state index in [0.29, 0.717) is 26.4 Å². The number of rotatable bonds is 6. The van der Waals surface area contributed by atoms with Crippen molar-refractivity contribution in [3.8, 4) is 0 Å². The molecule has 2 rings (SSSR count). The fraction of sp³-hybridized carbons (Fsp3) is 0.632. The molecule has 1 aliphatic rings. The first-order valence-corrected chi connectivity index (χ1v) is 8.61. The average molecular weight is 335 g/mol. The first-order chi connectivity index (χ1) is 11.4. The third-order valence-electron chi connectivity index (χ3n) is 4.49. The van der Waals surface area contributed by atoms with Crippen molar-refractivity contribution in [3.63, 3.8) is 0 Å². The quantitative estimate of drug-likeness (QED) is 0.804. The SMILES string of the molecule is CC(C)(C)C1CC(OCCOCc2ccccc2)CCN1C(=O)O. The van der Waals surface area contributed by atoms with Crippen molar-refractivity contribution in [1.29, 1.82) is 0 Å². The number of nitrogens with zero attached hydrogens (tertiary/aromatic N) is 1. The number of hydrogen-bond donors (Lipinski definition) is 1. The first-order valence-electron chi connectivity index (χ1n) is 8.61. The second kappa shape index (κ2) is 8.49.